The van der Waals surface area contributed by atoms with Crippen LogP contribution in [0.4, 0.5) is 0 Å². The van der Waals surface area contributed by atoms with E-state index >= 15 is 0 Å². The Morgan fingerprint density at radius 2 is 1.75 bits per heavy atom. The van der Waals surface area contributed by atoms with E-state index in [2.05, 4.69) is 35.0 Å². The molecule has 0 aliphatic heterocycles. The van der Waals surface area contributed by atoms with Crippen LogP contribution < -0.4 is 0 Å². The average molecular weight is 172 g/mol. The van der Waals surface area contributed by atoms with E-state index in [0.29, 0.717) is 11.7 Å². The van der Waals surface area contributed by atoms with Gasteiger partial charge in [0.25, 0.3) is 0 Å². The molecule has 2 heteroatoms. The number of hydrogen-bond acceptors (Lipinski definition) is 1. The zero-order valence-corrected chi connectivity index (χ0v) is 9.05. The van der Waals surface area contributed by atoms with Crippen molar-refractivity contribution in [1.82, 2.24) is 0 Å². The highest BCUT2D eigenvalue weighted by atomic mass is 16.1. The molecular weight excluding hydrogens is 150 g/mol. The molecule has 0 amide bonds. The van der Waals surface area contributed by atoms with Crippen molar-refractivity contribution in [2.24, 2.45) is 5.92 Å². The molecule has 0 saturated carbocycles. The molecule has 0 spiro atoms. The summed E-state index contributed by atoms with van der Waals surface area (Å²) in [5.41, 5.74) is 0. The minimum atomic E-state index is 0.401. The Bertz CT molecular complexity index is 144. The molecule has 0 radical (unpaired) electrons. The zero-order valence-electron chi connectivity index (χ0n) is 9.05. The van der Waals surface area contributed by atoms with Crippen LogP contribution in [0.2, 0.25) is 0 Å². The van der Waals surface area contributed by atoms with E-state index in [-0.39, 0.29) is 0 Å². The van der Waals surface area contributed by atoms with Crippen molar-refractivity contribution in [1.29, 1.82) is 0 Å². The molecule has 0 atom stereocenters. The van der Waals surface area contributed by atoms with Crippen molar-refractivity contribution in [2.45, 2.75) is 26.7 Å². The van der Waals surface area contributed by atoms with Gasteiger partial charge in [0.05, 0.1) is 34.1 Å². The van der Waals surface area contributed by atoms with Crippen molar-refractivity contribution in [3.8, 4) is 0 Å². The van der Waals surface area contributed by atoms with Crippen LogP contribution in [0.25, 0.3) is 0 Å². The molecule has 0 aliphatic rings. The third-order valence-corrected chi connectivity index (χ3v) is 1.70. The predicted molar refractivity (Wildman–Crippen MR) is 52.0 cm³/mol. The number of ketones is 1. The first-order valence-electron chi connectivity index (χ1n) is 4.63. The van der Waals surface area contributed by atoms with E-state index in [0.717, 1.165) is 23.9 Å². The summed E-state index contributed by atoms with van der Waals surface area (Å²) >= 11 is 0. The van der Waals surface area contributed by atoms with Gasteiger partial charge in [-0.25, -0.2) is 0 Å². The van der Waals surface area contributed by atoms with Crippen molar-refractivity contribution < 1.29 is 9.28 Å². The van der Waals surface area contributed by atoms with E-state index in [9.17, 15) is 4.79 Å². The maximum absolute atomic E-state index is 11.3. The molecule has 12 heavy (non-hydrogen) atoms. The summed E-state index contributed by atoms with van der Waals surface area (Å²) in [5.74, 6) is 0.906. The number of Topliss-reactive ketones (excluding diaryl/α,β-unsaturated/α-hetero) is 1. The van der Waals surface area contributed by atoms with E-state index in [4.69, 9.17) is 0 Å². The quantitative estimate of drug-likeness (QED) is 0.577. The summed E-state index contributed by atoms with van der Waals surface area (Å²) < 4.78 is 0.879. The molecule has 0 unspecified atom stereocenters. The number of rotatable bonds is 5. The molecule has 0 rings (SSSR count). The van der Waals surface area contributed by atoms with Gasteiger partial charge in [0.1, 0.15) is 5.78 Å². The monoisotopic (exact) mass is 172 g/mol. The molecule has 0 aromatic carbocycles. The Hall–Kier alpha value is -0.370. The number of carbonyl (C=O) groups excluding carboxylic acids is 1. The van der Waals surface area contributed by atoms with Gasteiger partial charge in [-0.3, -0.25) is 4.79 Å². The molecule has 0 heterocycles. The van der Waals surface area contributed by atoms with Gasteiger partial charge < -0.3 is 4.48 Å². The highest BCUT2D eigenvalue weighted by molar-refractivity contribution is 5.78. The second-order valence-corrected chi connectivity index (χ2v) is 4.90. The van der Waals surface area contributed by atoms with Crippen LogP contribution in [-0.2, 0) is 4.79 Å². The van der Waals surface area contributed by atoms with Crippen LogP contribution in [-0.4, -0.2) is 38.0 Å². The van der Waals surface area contributed by atoms with Crippen LogP contribution in [0, 0.1) is 5.92 Å². The lowest BCUT2D eigenvalue weighted by Gasteiger charge is -2.23. The van der Waals surface area contributed by atoms with E-state index in [1.807, 2.05) is 0 Å². The largest absolute Gasteiger partial charge is 0.331 e. The number of nitrogens with zero attached hydrogens (tertiary/aromatic N) is 1. The molecule has 0 aromatic rings. The van der Waals surface area contributed by atoms with Crippen LogP contribution in [0.5, 0.6) is 0 Å². The second-order valence-electron chi connectivity index (χ2n) is 4.90. The number of carbonyl (C=O) groups is 1. The molecule has 0 saturated heterocycles. The maximum Gasteiger partial charge on any atom is 0.138 e. The highest BCUT2D eigenvalue weighted by Crippen LogP contribution is 2.04. The number of quaternary nitrogens is 1. The summed E-state index contributed by atoms with van der Waals surface area (Å²) in [5, 5.41) is 0. The van der Waals surface area contributed by atoms with Crippen molar-refractivity contribution in [3.05, 3.63) is 0 Å². The van der Waals surface area contributed by atoms with Crippen LogP contribution >= 0.6 is 0 Å². The van der Waals surface area contributed by atoms with Gasteiger partial charge in [0, 0.05) is 6.42 Å². The first kappa shape index (κ1) is 11.6. The zero-order chi connectivity index (χ0) is 9.78. The minimum Gasteiger partial charge on any atom is -0.331 e. The standard InChI is InChI=1S/C10H22NO/c1-9(2)8-10(12)6-7-11(3,4)5/h9H,6-8H2,1-5H3/q+1. The van der Waals surface area contributed by atoms with Crippen molar-refractivity contribution >= 4 is 5.78 Å². The summed E-state index contributed by atoms with van der Waals surface area (Å²) in [7, 11) is 6.34. The predicted octanol–water partition coefficient (Wildman–Crippen LogP) is 1.70. The fourth-order valence-corrected chi connectivity index (χ4v) is 1.02. The lowest BCUT2D eigenvalue weighted by Crippen LogP contribution is -2.36. The fraction of sp³-hybridized carbons (Fsp3) is 0.900. The Balaban J connectivity index is 3.58. The SMILES string of the molecule is CC(C)CC(=O)CC[N+](C)(C)C. The van der Waals surface area contributed by atoms with Gasteiger partial charge in [-0.2, -0.15) is 0 Å². The molecule has 0 bridgehead atoms. The summed E-state index contributed by atoms with van der Waals surface area (Å²) in [6.45, 7) is 5.12. The van der Waals surface area contributed by atoms with Gasteiger partial charge in [-0.15, -0.1) is 0 Å². The van der Waals surface area contributed by atoms with Gasteiger partial charge in [0.2, 0.25) is 0 Å². The Labute approximate surface area is 76.2 Å². The third kappa shape index (κ3) is 7.73. The lowest BCUT2D eigenvalue weighted by atomic mass is 10.1. The Morgan fingerprint density at radius 1 is 1.25 bits per heavy atom. The molecule has 0 fully saturated rings. The van der Waals surface area contributed by atoms with E-state index in [1.165, 1.54) is 0 Å². The van der Waals surface area contributed by atoms with Crippen LogP contribution in [0.3, 0.4) is 0 Å². The first-order chi connectivity index (χ1) is 5.31. The highest BCUT2D eigenvalue weighted by Gasteiger charge is 2.11. The molecular formula is C10H22NO+. The lowest BCUT2D eigenvalue weighted by molar-refractivity contribution is -0.869. The van der Waals surface area contributed by atoms with Gasteiger partial charge in [-0.1, -0.05) is 13.8 Å². The summed E-state index contributed by atoms with van der Waals surface area (Å²) in [6, 6.07) is 0. The Morgan fingerprint density at radius 3 is 2.08 bits per heavy atom. The van der Waals surface area contributed by atoms with Crippen molar-refractivity contribution in [2.75, 3.05) is 27.7 Å². The third-order valence-electron chi connectivity index (χ3n) is 1.70. The normalized spacial score (nSPS) is 12.2. The molecule has 0 aliphatic carbocycles. The van der Waals surface area contributed by atoms with Gasteiger partial charge >= 0.3 is 0 Å². The topological polar surface area (TPSA) is 17.1 Å². The average Bonchev–Trinajstić information content (AvgIpc) is 1.80. The second kappa shape index (κ2) is 4.61. The number of hydrogen-bond donors (Lipinski definition) is 0. The molecule has 72 valence electrons. The van der Waals surface area contributed by atoms with E-state index < -0.39 is 0 Å². The Kier molecular flexibility index (Phi) is 4.46. The van der Waals surface area contributed by atoms with Crippen LogP contribution in [0.15, 0.2) is 0 Å². The molecule has 2 nitrogen and oxygen atoms in total. The van der Waals surface area contributed by atoms with Crippen LogP contribution in [0.1, 0.15) is 26.7 Å². The van der Waals surface area contributed by atoms with Crippen molar-refractivity contribution in [3.63, 3.8) is 0 Å². The fourth-order valence-electron chi connectivity index (χ4n) is 1.02. The first-order valence-corrected chi connectivity index (χ1v) is 4.63. The summed E-state index contributed by atoms with van der Waals surface area (Å²) in [4.78, 5) is 11.3. The smallest absolute Gasteiger partial charge is 0.138 e. The van der Waals surface area contributed by atoms with E-state index in [1.54, 1.807) is 0 Å². The minimum absolute atomic E-state index is 0.401. The van der Waals surface area contributed by atoms with Gasteiger partial charge in [-0.05, 0) is 5.92 Å². The molecule has 0 N–H and O–H groups in total. The van der Waals surface area contributed by atoms with Gasteiger partial charge in [0.15, 0.2) is 0 Å². The maximum atomic E-state index is 11.3. The summed E-state index contributed by atoms with van der Waals surface area (Å²) in [6.07, 6.45) is 1.46. The molecule has 0 aromatic heterocycles.